The summed E-state index contributed by atoms with van der Waals surface area (Å²) in [6.07, 6.45) is 21.5. The van der Waals surface area contributed by atoms with Crippen molar-refractivity contribution in [3.8, 4) is 0 Å². The van der Waals surface area contributed by atoms with E-state index in [1.807, 2.05) is 25.9 Å². The molecule has 27 heteroatoms. The maximum absolute atomic E-state index is 12.8. The van der Waals surface area contributed by atoms with Gasteiger partial charge in [-0.25, -0.2) is 28.5 Å². The molecule has 7 aliphatic carbocycles. The van der Waals surface area contributed by atoms with Gasteiger partial charge in [0.05, 0.1) is 17.1 Å². The number of benzene rings is 3. The van der Waals surface area contributed by atoms with Crippen molar-refractivity contribution in [3.05, 3.63) is 120 Å². The number of nitrogens with zero attached hydrogens (tertiary/aromatic N) is 9. The SMILES string of the molecule is CCN(C)Cc1cc(S(=O)(=O)NC(=O)Nc2c3c(cc4c2CCC4)CCC3)nn1C.CN(Cc1cc(S(=O)(=O)NC(=O)Nc2c3c(cc4c2CCC4)CCC3)nn1C)C1CC1.Cn1nc(S(=O)(=O)NC(=O)Nc2c3c(cc4c2CCC4)CCC3)cc1CN1CCC1. The van der Waals surface area contributed by atoms with Crippen molar-refractivity contribution in [1.82, 2.24) is 58.2 Å². The lowest BCUT2D eigenvalue weighted by atomic mass is 9.99. The molecule has 6 N–H and O–H groups in total. The summed E-state index contributed by atoms with van der Waals surface area (Å²) < 4.78 is 87.9. The van der Waals surface area contributed by atoms with Crippen LogP contribution in [-0.2, 0) is 148 Å². The minimum absolute atomic E-state index is 0.126. The van der Waals surface area contributed by atoms with Gasteiger partial charge in [0.15, 0.2) is 15.1 Å². The van der Waals surface area contributed by atoms with Crippen LogP contribution in [0, 0.1) is 0 Å². The Hall–Kier alpha value is -7.17. The standard InChI is InChI=1S/C22H29N5O3S.C21H27N5O3S.C21H29N5O3S/c1-26(16-9-10-16)13-17-12-20(24-27(17)2)31(29,30)25-22(28)23-21-18-7-3-5-14(18)11-15-6-4-8-19(15)21;1-25-16(13-26-9-4-10-26)12-19(23-25)30(28,29)24-21(27)22-20-17-7-2-5-14(17)11-15-6-3-8-18(15)20;1-4-25(2)13-16-12-19(23-26(16)3)30(28,29)24-21(27)22-20-17-9-5-7-14(17)11-15-8-6-10-18(15)20/h11-12,16H,3-10,13H2,1-2H3,(H2,23,25,28);11-12H,2-10,13H2,1H3,(H2,22,24,27);11-12H,4-10,13H2,1-3H3,(H2,22,24,27). The van der Waals surface area contributed by atoms with E-state index in [1.54, 1.807) is 42.6 Å². The monoisotopic (exact) mass is 1300 g/mol. The predicted octanol–water partition coefficient (Wildman–Crippen LogP) is 6.98. The highest BCUT2D eigenvalue weighted by Gasteiger charge is 2.33. The third kappa shape index (κ3) is 14.0. The Bertz CT molecular complexity index is 3940. The molecule has 3 aromatic carbocycles. The zero-order chi connectivity index (χ0) is 64.1. The molecule has 1 saturated carbocycles. The number of urea groups is 3. The number of hydrogen-bond acceptors (Lipinski definition) is 15. The van der Waals surface area contributed by atoms with Gasteiger partial charge >= 0.3 is 18.1 Å². The van der Waals surface area contributed by atoms with Gasteiger partial charge in [0, 0.05) is 82.1 Å². The second-order valence-corrected chi connectivity index (χ2v) is 30.7. The van der Waals surface area contributed by atoms with Gasteiger partial charge in [0.2, 0.25) is 0 Å². The summed E-state index contributed by atoms with van der Waals surface area (Å²) in [7, 11) is -3.04. The van der Waals surface area contributed by atoms with Crippen molar-refractivity contribution >= 4 is 65.2 Å². The average molecular weight is 1300 g/mol. The molecule has 4 heterocycles. The molecule has 0 spiro atoms. The van der Waals surface area contributed by atoms with E-state index in [2.05, 4.69) is 73.4 Å². The molecule has 1 aliphatic heterocycles. The van der Waals surface area contributed by atoms with Gasteiger partial charge in [-0.15, -0.1) is 0 Å². The van der Waals surface area contributed by atoms with Crippen LogP contribution in [0.25, 0.3) is 0 Å². The minimum atomic E-state index is -4.06. The van der Waals surface area contributed by atoms with Gasteiger partial charge < -0.3 is 20.9 Å². The second kappa shape index (κ2) is 26.1. The van der Waals surface area contributed by atoms with Crippen LogP contribution in [0.15, 0.2) is 51.5 Å². The van der Waals surface area contributed by atoms with E-state index in [-0.39, 0.29) is 15.1 Å². The van der Waals surface area contributed by atoms with Crippen molar-refractivity contribution in [1.29, 1.82) is 0 Å². The average Bonchev–Trinajstić information content (AvgIpc) is 1.84. The Balaban J connectivity index is 0.000000132. The summed E-state index contributed by atoms with van der Waals surface area (Å²) >= 11 is 0. The second-order valence-electron chi connectivity index (χ2n) is 25.8. The van der Waals surface area contributed by atoms with Gasteiger partial charge in [0.1, 0.15) is 0 Å². The summed E-state index contributed by atoms with van der Waals surface area (Å²) in [6.45, 7) is 6.74. The lowest BCUT2D eigenvalue weighted by Gasteiger charge is -2.30. The normalized spacial score (nSPS) is 17.0. The number of amides is 6. The van der Waals surface area contributed by atoms with Crippen LogP contribution in [0.4, 0.5) is 31.4 Å². The van der Waals surface area contributed by atoms with Crippen LogP contribution in [0.5, 0.6) is 0 Å². The minimum Gasteiger partial charge on any atom is -0.307 e. The van der Waals surface area contributed by atoms with Crippen LogP contribution in [0.3, 0.4) is 0 Å². The fourth-order valence-corrected chi connectivity index (χ4v) is 16.9. The van der Waals surface area contributed by atoms with Crippen molar-refractivity contribution < 1.29 is 39.6 Å². The number of carbonyl (C=O) groups is 3. The van der Waals surface area contributed by atoms with E-state index in [4.69, 9.17) is 0 Å². The molecule has 24 nitrogen and oxygen atoms in total. The van der Waals surface area contributed by atoms with Gasteiger partial charge in [-0.1, -0.05) is 25.1 Å². The molecule has 0 unspecified atom stereocenters. The topological polar surface area (TPSA) is 289 Å². The lowest BCUT2D eigenvalue weighted by Crippen LogP contribution is -2.36. The molecule has 0 radical (unpaired) electrons. The van der Waals surface area contributed by atoms with Gasteiger partial charge in [-0.2, -0.15) is 40.5 Å². The van der Waals surface area contributed by atoms with E-state index >= 15 is 0 Å². The number of fused-ring (bicyclic) bond motifs is 6. The summed E-state index contributed by atoms with van der Waals surface area (Å²) in [6, 6.07) is 9.81. The molecule has 8 aliphatic rings. The number of carbonyl (C=O) groups excluding carboxylic acids is 3. The fraction of sp³-hybridized carbons (Fsp3) is 0.531. The van der Waals surface area contributed by atoms with E-state index < -0.39 is 48.2 Å². The van der Waals surface area contributed by atoms with E-state index in [0.717, 1.165) is 209 Å². The van der Waals surface area contributed by atoms with Crippen LogP contribution in [0.1, 0.15) is 149 Å². The molecule has 0 atom stereocenters. The Labute approximate surface area is 533 Å². The number of nitrogens with one attached hydrogen (secondary N) is 6. The first kappa shape index (κ1) is 64.0. The number of sulfonamides is 3. The van der Waals surface area contributed by atoms with Crippen LogP contribution >= 0.6 is 0 Å². The molecular weight excluding hydrogens is 1220 g/mol. The Morgan fingerprint density at radius 1 is 0.451 bits per heavy atom. The Morgan fingerprint density at radius 2 is 0.758 bits per heavy atom. The summed E-state index contributed by atoms with van der Waals surface area (Å²) in [5.74, 6) is 0. The van der Waals surface area contributed by atoms with Gasteiger partial charge in [-0.05, 0) is 235 Å². The number of aromatic nitrogens is 6. The third-order valence-electron chi connectivity index (χ3n) is 19.4. The number of rotatable bonds is 17. The molecule has 488 valence electrons. The maximum Gasteiger partial charge on any atom is 0.333 e. The maximum atomic E-state index is 12.8. The molecule has 91 heavy (non-hydrogen) atoms. The molecule has 14 rings (SSSR count). The van der Waals surface area contributed by atoms with E-state index in [0.29, 0.717) is 25.7 Å². The largest absolute Gasteiger partial charge is 0.333 e. The van der Waals surface area contributed by atoms with E-state index in [1.165, 1.54) is 57.0 Å². The number of anilines is 3. The molecule has 6 amide bonds. The summed E-state index contributed by atoms with van der Waals surface area (Å²) in [5, 5.41) is 20.6. The van der Waals surface area contributed by atoms with Crippen LogP contribution < -0.4 is 30.1 Å². The van der Waals surface area contributed by atoms with Crippen molar-refractivity contribution in [2.45, 2.75) is 183 Å². The first-order chi connectivity index (χ1) is 43.5. The van der Waals surface area contributed by atoms with Crippen molar-refractivity contribution in [3.63, 3.8) is 0 Å². The molecule has 1 saturated heterocycles. The molecule has 0 bridgehead atoms. The Kier molecular flexibility index (Phi) is 18.3. The van der Waals surface area contributed by atoms with Crippen molar-refractivity contribution in [2.75, 3.05) is 49.7 Å². The number of hydrogen-bond donors (Lipinski definition) is 6. The van der Waals surface area contributed by atoms with Gasteiger partial charge in [-0.3, -0.25) is 23.8 Å². The smallest absolute Gasteiger partial charge is 0.307 e. The lowest BCUT2D eigenvalue weighted by molar-refractivity contribution is 0.168. The van der Waals surface area contributed by atoms with Crippen molar-refractivity contribution in [2.24, 2.45) is 21.1 Å². The highest BCUT2D eigenvalue weighted by Crippen LogP contribution is 2.42. The zero-order valence-electron chi connectivity index (χ0n) is 53.1. The molecule has 3 aromatic heterocycles. The first-order valence-corrected chi connectivity index (χ1v) is 36.7. The zero-order valence-corrected chi connectivity index (χ0v) is 55.5. The van der Waals surface area contributed by atoms with Gasteiger partial charge in [0.25, 0.3) is 30.1 Å². The molecule has 6 aromatic rings. The van der Waals surface area contributed by atoms with Crippen LogP contribution in [-0.4, -0.2) is 127 Å². The fourth-order valence-electron chi connectivity index (χ4n) is 14.2. The van der Waals surface area contributed by atoms with E-state index in [9.17, 15) is 39.6 Å². The third-order valence-corrected chi connectivity index (χ3v) is 23.0. The molecule has 2 fully saturated rings. The Morgan fingerprint density at radius 3 is 1.05 bits per heavy atom. The highest BCUT2D eigenvalue weighted by molar-refractivity contribution is 7.90. The summed E-state index contributed by atoms with van der Waals surface area (Å²) in [4.78, 5) is 44.5. The highest BCUT2D eigenvalue weighted by atomic mass is 32.2. The van der Waals surface area contributed by atoms with Crippen LogP contribution in [0.2, 0.25) is 0 Å². The predicted molar refractivity (Wildman–Crippen MR) is 346 cm³/mol. The molecular formula is C64H85N15O9S3. The quantitative estimate of drug-likeness (QED) is 0.0537. The number of aryl methyl sites for hydroxylation is 9. The number of likely N-dealkylation sites (tertiary alicyclic amines) is 1. The summed E-state index contributed by atoms with van der Waals surface area (Å²) in [5.41, 5.74) is 19.5. The first-order valence-electron chi connectivity index (χ1n) is 32.2.